The Labute approximate surface area is 107 Å². The minimum absolute atomic E-state index is 0.0556. The molecule has 4 nitrogen and oxygen atoms in total. The molecular formula is C12H11BrN2O2. The first-order chi connectivity index (χ1) is 8.16. The number of furan rings is 1. The fourth-order valence-corrected chi connectivity index (χ4v) is 1.80. The van der Waals surface area contributed by atoms with E-state index in [-0.39, 0.29) is 5.91 Å². The monoisotopic (exact) mass is 294 g/mol. The molecule has 0 fully saturated rings. The van der Waals surface area contributed by atoms with Crippen molar-refractivity contribution in [2.75, 3.05) is 7.05 Å². The first-order valence-electron chi connectivity index (χ1n) is 5.06. The molecule has 0 N–H and O–H groups in total. The van der Waals surface area contributed by atoms with Crippen molar-refractivity contribution >= 4 is 21.8 Å². The molecule has 0 unspecified atom stereocenters. The van der Waals surface area contributed by atoms with E-state index in [9.17, 15) is 4.79 Å². The number of nitrogens with zero attached hydrogens (tertiary/aromatic N) is 2. The SMILES string of the molecule is CN(Cc1ccc(Br)o1)C(=O)c1ccncc1. The summed E-state index contributed by atoms with van der Waals surface area (Å²) in [6.45, 7) is 0.437. The molecule has 0 atom stereocenters. The lowest BCUT2D eigenvalue weighted by molar-refractivity contribution is 0.0775. The molecule has 88 valence electrons. The van der Waals surface area contributed by atoms with Crippen LogP contribution in [-0.2, 0) is 6.54 Å². The van der Waals surface area contributed by atoms with Crippen LogP contribution in [0.1, 0.15) is 16.1 Å². The summed E-state index contributed by atoms with van der Waals surface area (Å²) in [6.07, 6.45) is 3.20. The lowest BCUT2D eigenvalue weighted by Gasteiger charge is -2.15. The molecule has 0 saturated heterocycles. The van der Waals surface area contributed by atoms with Crippen molar-refractivity contribution in [3.63, 3.8) is 0 Å². The first-order valence-corrected chi connectivity index (χ1v) is 5.86. The van der Waals surface area contributed by atoms with Crippen LogP contribution in [-0.4, -0.2) is 22.8 Å². The Hall–Kier alpha value is -1.62. The predicted octanol–water partition coefficient (Wildman–Crippen LogP) is 2.71. The molecule has 0 aromatic carbocycles. The molecule has 0 aliphatic rings. The molecular weight excluding hydrogens is 284 g/mol. The second-order valence-corrected chi connectivity index (χ2v) is 4.38. The third-order valence-corrected chi connectivity index (χ3v) is 2.72. The number of carbonyl (C=O) groups excluding carboxylic acids is 1. The van der Waals surface area contributed by atoms with E-state index in [1.165, 1.54) is 0 Å². The van der Waals surface area contributed by atoms with Gasteiger partial charge in [0.25, 0.3) is 5.91 Å². The smallest absolute Gasteiger partial charge is 0.254 e. The van der Waals surface area contributed by atoms with E-state index in [4.69, 9.17) is 4.42 Å². The van der Waals surface area contributed by atoms with Crippen molar-refractivity contribution in [2.45, 2.75) is 6.54 Å². The van der Waals surface area contributed by atoms with Crippen LogP contribution in [0.25, 0.3) is 0 Å². The molecule has 0 saturated carbocycles. The highest BCUT2D eigenvalue weighted by molar-refractivity contribution is 9.10. The zero-order valence-electron chi connectivity index (χ0n) is 9.26. The third kappa shape index (κ3) is 2.94. The zero-order chi connectivity index (χ0) is 12.3. The van der Waals surface area contributed by atoms with Gasteiger partial charge in [0.15, 0.2) is 4.67 Å². The molecule has 1 amide bonds. The van der Waals surface area contributed by atoms with Gasteiger partial charge < -0.3 is 9.32 Å². The van der Waals surface area contributed by atoms with E-state index in [0.717, 1.165) is 5.76 Å². The number of hydrogen-bond donors (Lipinski definition) is 0. The van der Waals surface area contributed by atoms with Crippen molar-refractivity contribution in [3.8, 4) is 0 Å². The van der Waals surface area contributed by atoms with Gasteiger partial charge in [0, 0.05) is 25.0 Å². The van der Waals surface area contributed by atoms with E-state index >= 15 is 0 Å². The van der Waals surface area contributed by atoms with Gasteiger partial charge in [-0.1, -0.05) is 0 Å². The van der Waals surface area contributed by atoms with Crippen LogP contribution >= 0.6 is 15.9 Å². The topological polar surface area (TPSA) is 46.3 Å². The van der Waals surface area contributed by atoms with E-state index in [0.29, 0.717) is 16.8 Å². The van der Waals surface area contributed by atoms with Gasteiger partial charge in [0.2, 0.25) is 0 Å². The van der Waals surface area contributed by atoms with Crippen LogP contribution in [0.4, 0.5) is 0 Å². The quantitative estimate of drug-likeness (QED) is 0.874. The average Bonchev–Trinajstić information content (AvgIpc) is 2.75. The summed E-state index contributed by atoms with van der Waals surface area (Å²) in [5.74, 6) is 0.682. The minimum Gasteiger partial charge on any atom is -0.452 e. The normalized spacial score (nSPS) is 10.2. The number of pyridine rings is 1. The molecule has 0 spiro atoms. The van der Waals surface area contributed by atoms with Crippen molar-refractivity contribution in [3.05, 3.63) is 52.7 Å². The summed E-state index contributed by atoms with van der Waals surface area (Å²) >= 11 is 3.23. The van der Waals surface area contributed by atoms with Crippen LogP contribution in [0.3, 0.4) is 0 Å². The maximum Gasteiger partial charge on any atom is 0.254 e. The van der Waals surface area contributed by atoms with Crippen LogP contribution in [0.15, 0.2) is 45.7 Å². The van der Waals surface area contributed by atoms with Gasteiger partial charge in [0.1, 0.15) is 5.76 Å². The van der Waals surface area contributed by atoms with E-state index < -0.39 is 0 Å². The Morgan fingerprint density at radius 3 is 2.65 bits per heavy atom. The number of aromatic nitrogens is 1. The molecule has 2 heterocycles. The summed E-state index contributed by atoms with van der Waals surface area (Å²) in [5, 5.41) is 0. The van der Waals surface area contributed by atoms with Crippen molar-refractivity contribution < 1.29 is 9.21 Å². The van der Waals surface area contributed by atoms with E-state index in [1.807, 2.05) is 6.07 Å². The van der Waals surface area contributed by atoms with Crippen molar-refractivity contribution in [1.82, 2.24) is 9.88 Å². The number of carbonyl (C=O) groups is 1. The summed E-state index contributed by atoms with van der Waals surface area (Å²) in [5.41, 5.74) is 0.619. The molecule has 2 aromatic heterocycles. The average molecular weight is 295 g/mol. The van der Waals surface area contributed by atoms with Gasteiger partial charge in [-0.05, 0) is 40.2 Å². The minimum atomic E-state index is -0.0556. The Bertz CT molecular complexity index is 510. The Kier molecular flexibility index (Phi) is 3.58. The predicted molar refractivity (Wildman–Crippen MR) is 66.4 cm³/mol. The number of rotatable bonds is 3. The Morgan fingerprint density at radius 2 is 2.06 bits per heavy atom. The Balaban J connectivity index is 2.06. The van der Waals surface area contributed by atoms with Crippen molar-refractivity contribution in [1.29, 1.82) is 0 Å². The van der Waals surface area contributed by atoms with E-state index in [2.05, 4.69) is 20.9 Å². The van der Waals surface area contributed by atoms with Gasteiger partial charge in [-0.2, -0.15) is 0 Å². The maximum atomic E-state index is 12.0. The largest absolute Gasteiger partial charge is 0.452 e. The number of halogens is 1. The zero-order valence-corrected chi connectivity index (χ0v) is 10.8. The van der Waals surface area contributed by atoms with Gasteiger partial charge in [-0.15, -0.1) is 0 Å². The second-order valence-electron chi connectivity index (χ2n) is 3.60. The van der Waals surface area contributed by atoms with Crippen molar-refractivity contribution in [2.24, 2.45) is 0 Å². The van der Waals surface area contributed by atoms with Crippen LogP contribution in [0.5, 0.6) is 0 Å². The highest BCUT2D eigenvalue weighted by Crippen LogP contribution is 2.16. The molecule has 0 bridgehead atoms. The van der Waals surface area contributed by atoms with Gasteiger partial charge in [-0.25, -0.2) is 0 Å². The van der Waals surface area contributed by atoms with Crippen LogP contribution in [0, 0.1) is 0 Å². The summed E-state index contributed by atoms with van der Waals surface area (Å²) in [7, 11) is 1.74. The first kappa shape index (κ1) is 11.9. The van der Waals surface area contributed by atoms with Gasteiger partial charge in [0.05, 0.1) is 6.54 Å². The standard InChI is InChI=1S/C12H11BrN2O2/c1-15(8-10-2-3-11(13)17-10)12(16)9-4-6-14-7-5-9/h2-7H,8H2,1H3. The highest BCUT2D eigenvalue weighted by atomic mass is 79.9. The molecule has 2 aromatic rings. The number of amides is 1. The molecule has 5 heteroatoms. The Morgan fingerprint density at radius 1 is 1.35 bits per heavy atom. The third-order valence-electron chi connectivity index (χ3n) is 2.30. The van der Waals surface area contributed by atoms with Gasteiger partial charge in [-0.3, -0.25) is 9.78 Å². The molecule has 17 heavy (non-hydrogen) atoms. The van der Waals surface area contributed by atoms with E-state index in [1.54, 1.807) is 42.5 Å². The van der Waals surface area contributed by atoms with Crippen LogP contribution in [0.2, 0.25) is 0 Å². The second kappa shape index (κ2) is 5.14. The maximum absolute atomic E-state index is 12.0. The summed E-state index contributed by atoms with van der Waals surface area (Å²) in [4.78, 5) is 17.5. The van der Waals surface area contributed by atoms with Crippen LogP contribution < -0.4 is 0 Å². The molecule has 0 aliphatic carbocycles. The summed E-state index contributed by atoms with van der Waals surface area (Å²) in [6, 6.07) is 7.02. The molecule has 0 aliphatic heterocycles. The number of hydrogen-bond acceptors (Lipinski definition) is 3. The lowest BCUT2D eigenvalue weighted by atomic mass is 10.2. The molecule has 0 radical (unpaired) electrons. The summed E-state index contributed by atoms with van der Waals surface area (Å²) < 4.78 is 6.01. The lowest BCUT2D eigenvalue weighted by Crippen LogP contribution is -2.25. The fourth-order valence-electron chi connectivity index (χ4n) is 1.46. The highest BCUT2D eigenvalue weighted by Gasteiger charge is 2.13. The molecule has 2 rings (SSSR count). The fraction of sp³-hybridized carbons (Fsp3) is 0.167. The van der Waals surface area contributed by atoms with Gasteiger partial charge >= 0.3 is 0 Å².